The standard InChI is InChI=1S/C6H3ClOSi/c1-9(2,3)5-4-6(7)8/h1-3H. The molecule has 0 bridgehead atoms. The Hall–Kier alpha value is -0.263. The van der Waals surface area contributed by atoms with Crippen molar-refractivity contribution in [2.24, 2.45) is 0 Å². The van der Waals surface area contributed by atoms with Gasteiger partial charge in [0, 0.05) is 0 Å². The second-order valence-electron chi connectivity index (χ2n) is 1.46. The highest BCUT2D eigenvalue weighted by molar-refractivity contribution is 6.92. The van der Waals surface area contributed by atoms with Gasteiger partial charge in [-0.05, 0) is 37.2 Å². The maximum Gasteiger partial charge on any atom is 0.295 e. The predicted molar refractivity (Wildman–Crippen MR) is 37.3 cm³/mol. The number of rotatable bonds is 0. The first-order valence-electron chi connectivity index (χ1n) is 2.01. The van der Waals surface area contributed by atoms with Crippen LogP contribution >= 0.6 is 11.6 Å². The zero-order valence-electron chi connectivity index (χ0n) is 4.52. The third-order valence-electron chi connectivity index (χ3n) is 0.377. The highest BCUT2D eigenvalue weighted by Crippen LogP contribution is 1.91. The van der Waals surface area contributed by atoms with Crippen molar-refractivity contribution in [3.63, 3.8) is 0 Å². The zero-order valence-corrected chi connectivity index (χ0v) is 6.27. The quantitative estimate of drug-likeness (QED) is 0.282. The largest absolute Gasteiger partial charge is 0.295 e. The van der Waals surface area contributed by atoms with Gasteiger partial charge < -0.3 is 0 Å². The number of hydrogen-bond acceptors (Lipinski definition) is 1. The fourth-order valence-electron chi connectivity index (χ4n) is 0.157. The van der Waals surface area contributed by atoms with Gasteiger partial charge in [-0.2, -0.15) is 0 Å². The average molecular weight is 155 g/mol. The summed E-state index contributed by atoms with van der Waals surface area (Å²) >= 11 is 4.83. The van der Waals surface area contributed by atoms with E-state index in [1.807, 2.05) is 5.92 Å². The third kappa shape index (κ3) is 7.74. The fraction of sp³-hybridized carbons (Fsp3) is 0. The van der Waals surface area contributed by atoms with Gasteiger partial charge in [-0.3, -0.25) is 4.79 Å². The lowest BCUT2D eigenvalue weighted by atomic mass is 10.8. The first-order valence-corrected chi connectivity index (χ1v) is 4.62. The molecule has 0 aromatic rings. The van der Waals surface area contributed by atoms with Crippen LogP contribution in [0.5, 0.6) is 0 Å². The third-order valence-corrected chi connectivity index (χ3v) is 1.03. The molecule has 0 unspecified atom stereocenters. The van der Waals surface area contributed by atoms with Crippen molar-refractivity contribution in [1.82, 2.24) is 0 Å². The molecule has 1 nitrogen and oxygen atoms in total. The van der Waals surface area contributed by atoms with E-state index in [0.717, 1.165) is 0 Å². The molecule has 0 atom stereocenters. The lowest BCUT2D eigenvalue weighted by molar-refractivity contribution is -0.106. The molecule has 0 fully saturated rings. The summed E-state index contributed by atoms with van der Waals surface area (Å²) in [5, 5.41) is -0.798. The van der Waals surface area contributed by atoms with Crippen molar-refractivity contribution in [3.05, 3.63) is 19.6 Å². The summed E-state index contributed by atoms with van der Waals surface area (Å²) in [6, 6.07) is 0. The molecule has 0 aliphatic carbocycles. The van der Waals surface area contributed by atoms with Crippen molar-refractivity contribution in [2.75, 3.05) is 0 Å². The molecule has 0 saturated carbocycles. The van der Waals surface area contributed by atoms with Crippen LogP contribution < -0.4 is 0 Å². The number of halogens is 1. The Labute approximate surface area is 61.4 Å². The number of carbonyl (C=O) groups is 1. The highest BCUT2D eigenvalue weighted by atomic mass is 35.5. The van der Waals surface area contributed by atoms with Crippen molar-refractivity contribution in [2.45, 2.75) is 0 Å². The first kappa shape index (κ1) is 8.74. The van der Waals surface area contributed by atoms with Gasteiger partial charge in [0.1, 0.15) is 8.07 Å². The van der Waals surface area contributed by atoms with Crippen molar-refractivity contribution < 1.29 is 4.79 Å². The van der Waals surface area contributed by atoms with Gasteiger partial charge >= 0.3 is 0 Å². The van der Waals surface area contributed by atoms with Crippen LogP contribution in [-0.2, 0) is 4.79 Å². The molecule has 0 N–H and O–H groups in total. The Morgan fingerprint density at radius 2 is 1.89 bits per heavy atom. The molecule has 0 aromatic carbocycles. The van der Waals surface area contributed by atoms with E-state index in [1.54, 1.807) is 0 Å². The van der Waals surface area contributed by atoms with Crippen LogP contribution in [0.15, 0.2) is 0 Å². The maximum absolute atomic E-state index is 9.94. The lowest BCUT2D eigenvalue weighted by Gasteiger charge is -1.99. The van der Waals surface area contributed by atoms with Crippen molar-refractivity contribution in [1.29, 1.82) is 0 Å². The van der Waals surface area contributed by atoms with Gasteiger partial charge in [-0.15, -0.1) is 5.54 Å². The second kappa shape index (κ2) is 3.05. The molecule has 9 heavy (non-hydrogen) atoms. The molecule has 0 saturated heterocycles. The molecule has 0 amide bonds. The van der Waals surface area contributed by atoms with Crippen LogP contribution in [0.4, 0.5) is 0 Å². The van der Waals surface area contributed by atoms with E-state index in [2.05, 4.69) is 5.54 Å². The van der Waals surface area contributed by atoms with Gasteiger partial charge in [-0.1, -0.05) is 0 Å². The van der Waals surface area contributed by atoms with Crippen LogP contribution in [0, 0.1) is 31.1 Å². The van der Waals surface area contributed by atoms with E-state index in [0.29, 0.717) is 0 Å². The van der Waals surface area contributed by atoms with Gasteiger partial charge in [0.25, 0.3) is 5.24 Å². The van der Waals surface area contributed by atoms with Gasteiger partial charge in [0.2, 0.25) is 0 Å². The van der Waals surface area contributed by atoms with E-state index in [-0.39, 0.29) is 0 Å². The zero-order chi connectivity index (χ0) is 7.49. The maximum atomic E-state index is 9.94. The summed E-state index contributed by atoms with van der Waals surface area (Å²) in [4.78, 5) is 9.94. The van der Waals surface area contributed by atoms with Crippen LogP contribution in [0.3, 0.4) is 0 Å². The molecule has 3 heteroatoms. The number of hydrogen-bond donors (Lipinski definition) is 0. The minimum Gasteiger partial charge on any atom is -0.266 e. The topological polar surface area (TPSA) is 17.1 Å². The van der Waals surface area contributed by atoms with E-state index in [1.165, 1.54) is 0 Å². The summed E-state index contributed by atoms with van der Waals surface area (Å²) in [5.41, 5.74) is 2.16. The molecule has 0 aliphatic rings. The molecule has 0 aliphatic heterocycles. The smallest absolute Gasteiger partial charge is 0.266 e. The van der Waals surface area contributed by atoms with Gasteiger partial charge in [0.05, 0.1) is 0 Å². The highest BCUT2D eigenvalue weighted by Gasteiger charge is 2.09. The average Bonchev–Trinajstić information content (AvgIpc) is 1.59. The Morgan fingerprint density at radius 3 is 2.00 bits per heavy atom. The molecule has 0 rings (SSSR count). The normalized spacial score (nSPS) is 9.78. The summed E-state index contributed by atoms with van der Waals surface area (Å²) in [5.74, 6) is 1.95. The van der Waals surface area contributed by atoms with Gasteiger partial charge in [-0.25, -0.2) is 0 Å². The molecule has 44 valence electrons. The summed E-state index contributed by atoms with van der Waals surface area (Å²) < 4.78 is 0. The lowest BCUT2D eigenvalue weighted by Crippen LogP contribution is -2.20. The first-order chi connectivity index (χ1) is 3.92. The second-order valence-corrected chi connectivity index (χ2v) is 3.92. The Morgan fingerprint density at radius 1 is 1.44 bits per heavy atom. The molecule has 0 heterocycles. The summed E-state index contributed by atoms with van der Waals surface area (Å²) in [7, 11) is -2.89. The van der Waals surface area contributed by atoms with Crippen LogP contribution in [0.1, 0.15) is 0 Å². The summed E-state index contributed by atoms with van der Waals surface area (Å²) in [6.07, 6.45) is 0. The fourth-order valence-corrected chi connectivity index (χ4v) is 0.614. The predicted octanol–water partition coefficient (Wildman–Crippen LogP) is 0.494. The molecular formula is C6H3ClOSi. The molecule has 0 aromatic heterocycles. The SMILES string of the molecule is [CH][Si]([CH])([CH])C#CC(=O)Cl. The van der Waals surface area contributed by atoms with E-state index in [9.17, 15) is 4.79 Å². The van der Waals surface area contributed by atoms with Gasteiger partial charge in [0.15, 0.2) is 0 Å². The number of carbonyl (C=O) groups excluding carboxylic acids is 1. The molecule has 0 spiro atoms. The minimum atomic E-state index is -2.89. The Kier molecular flexibility index (Phi) is 2.96. The Balaban J connectivity index is 4.04. The van der Waals surface area contributed by atoms with Crippen LogP contribution in [0.2, 0.25) is 0 Å². The monoisotopic (exact) mass is 154 g/mol. The van der Waals surface area contributed by atoms with Crippen molar-refractivity contribution >= 4 is 24.9 Å². The van der Waals surface area contributed by atoms with Crippen LogP contribution in [-0.4, -0.2) is 13.3 Å². The summed E-state index contributed by atoms with van der Waals surface area (Å²) in [6.45, 7) is 15.3. The van der Waals surface area contributed by atoms with Crippen molar-refractivity contribution in [3.8, 4) is 11.5 Å². The molecule has 6 radical (unpaired) electrons. The van der Waals surface area contributed by atoms with Crippen LogP contribution in [0.25, 0.3) is 0 Å². The van der Waals surface area contributed by atoms with E-state index >= 15 is 0 Å². The van der Waals surface area contributed by atoms with E-state index in [4.69, 9.17) is 31.2 Å². The Bertz CT molecular complexity index is 170. The minimum absolute atomic E-state index is 0.798. The van der Waals surface area contributed by atoms with E-state index < -0.39 is 13.3 Å². The molecular weight excluding hydrogens is 152 g/mol.